The Hall–Kier alpha value is -2.86. The molecule has 5 rings (SSSR count). The Bertz CT molecular complexity index is 985. The monoisotopic (exact) mass is 360 g/mol. The Kier molecular flexibility index (Phi) is 4.05. The molecule has 1 fully saturated rings. The van der Waals surface area contributed by atoms with E-state index in [1.165, 1.54) is 12.1 Å². The minimum atomic E-state index is 0.842. The molecule has 0 amide bonds. The summed E-state index contributed by atoms with van der Waals surface area (Å²) in [7, 11) is 0. The molecule has 6 heteroatoms. The molecule has 0 aromatic carbocycles. The summed E-state index contributed by atoms with van der Waals surface area (Å²) in [6.07, 6.45) is 14.1. The van der Waals surface area contributed by atoms with Crippen LogP contribution in [0, 0.1) is 6.92 Å². The van der Waals surface area contributed by atoms with Crippen LogP contribution in [-0.2, 0) is 0 Å². The first-order valence-electron chi connectivity index (χ1n) is 9.63. The van der Waals surface area contributed by atoms with Crippen molar-refractivity contribution in [3.63, 3.8) is 0 Å². The maximum atomic E-state index is 4.89. The normalized spacial score (nSPS) is 20.1. The number of allylic oxidation sites excluding steroid dienone is 1. The van der Waals surface area contributed by atoms with Crippen LogP contribution in [-0.4, -0.2) is 57.7 Å². The van der Waals surface area contributed by atoms with E-state index in [2.05, 4.69) is 67.3 Å². The van der Waals surface area contributed by atoms with E-state index in [1.54, 1.807) is 0 Å². The van der Waals surface area contributed by atoms with Gasteiger partial charge in [0.05, 0.1) is 17.1 Å². The van der Waals surface area contributed by atoms with Crippen LogP contribution >= 0.6 is 0 Å². The molecule has 1 saturated heterocycles. The van der Waals surface area contributed by atoms with Gasteiger partial charge in [0.2, 0.25) is 0 Å². The van der Waals surface area contributed by atoms with Gasteiger partial charge in [-0.1, -0.05) is 0 Å². The van der Waals surface area contributed by atoms with Crippen molar-refractivity contribution >= 4 is 17.2 Å². The molecule has 0 saturated carbocycles. The highest BCUT2D eigenvalue weighted by Gasteiger charge is 2.20. The summed E-state index contributed by atoms with van der Waals surface area (Å²) >= 11 is 0. The highest BCUT2D eigenvalue weighted by atomic mass is 15.2. The number of imidazole rings is 1. The number of aliphatic imine (C=N–C) groups is 1. The van der Waals surface area contributed by atoms with Crippen molar-refractivity contribution in [3.05, 3.63) is 65.9 Å². The van der Waals surface area contributed by atoms with Crippen molar-refractivity contribution in [1.29, 1.82) is 0 Å². The molecular weight excluding hydrogens is 336 g/mol. The van der Waals surface area contributed by atoms with Crippen LogP contribution in [0.5, 0.6) is 0 Å². The Morgan fingerprint density at radius 1 is 1.07 bits per heavy atom. The minimum Gasteiger partial charge on any atom is -0.369 e. The fraction of sp³-hybridized carbons (Fsp3) is 0.333. The molecule has 27 heavy (non-hydrogen) atoms. The maximum Gasteiger partial charge on any atom is 0.136 e. The van der Waals surface area contributed by atoms with Crippen molar-refractivity contribution in [2.24, 2.45) is 4.99 Å². The highest BCUT2D eigenvalue weighted by molar-refractivity contribution is 6.00. The van der Waals surface area contributed by atoms with Crippen LogP contribution in [0.4, 0.5) is 0 Å². The molecule has 5 heterocycles. The van der Waals surface area contributed by atoms with Gasteiger partial charge in [0, 0.05) is 50.3 Å². The predicted molar refractivity (Wildman–Crippen MR) is 108 cm³/mol. The molecule has 0 bridgehead atoms. The lowest BCUT2D eigenvalue weighted by atomic mass is 10.1. The van der Waals surface area contributed by atoms with Crippen LogP contribution in [0.2, 0.25) is 0 Å². The molecule has 2 aromatic heterocycles. The number of hydrogen-bond donors (Lipinski definition) is 1. The van der Waals surface area contributed by atoms with E-state index < -0.39 is 0 Å². The number of nitrogens with zero attached hydrogens (tertiary/aromatic N) is 5. The second kappa shape index (κ2) is 6.70. The lowest BCUT2D eigenvalue weighted by Crippen LogP contribution is -2.34. The van der Waals surface area contributed by atoms with Crippen LogP contribution in [0.3, 0.4) is 0 Å². The van der Waals surface area contributed by atoms with Gasteiger partial charge in [0.25, 0.3) is 0 Å². The van der Waals surface area contributed by atoms with Gasteiger partial charge in [0.1, 0.15) is 11.5 Å². The largest absolute Gasteiger partial charge is 0.369 e. The molecule has 1 N–H and O–H groups in total. The second-order valence-electron chi connectivity index (χ2n) is 7.26. The third kappa shape index (κ3) is 3.17. The van der Waals surface area contributed by atoms with Crippen molar-refractivity contribution in [2.75, 3.05) is 32.7 Å². The summed E-state index contributed by atoms with van der Waals surface area (Å²) < 4.78 is 2.07. The minimum absolute atomic E-state index is 0.842. The fourth-order valence-corrected chi connectivity index (χ4v) is 3.87. The van der Waals surface area contributed by atoms with E-state index in [4.69, 9.17) is 4.99 Å². The van der Waals surface area contributed by atoms with Crippen molar-refractivity contribution in [1.82, 2.24) is 24.5 Å². The van der Waals surface area contributed by atoms with E-state index in [1.807, 2.05) is 13.1 Å². The predicted octanol–water partition coefficient (Wildman–Crippen LogP) is 2.40. The van der Waals surface area contributed by atoms with Crippen molar-refractivity contribution in [3.8, 4) is 0 Å². The zero-order chi connectivity index (χ0) is 18.2. The average Bonchev–Trinajstić information content (AvgIpc) is 2.89. The van der Waals surface area contributed by atoms with Crippen LogP contribution in [0.1, 0.15) is 17.7 Å². The summed E-state index contributed by atoms with van der Waals surface area (Å²) in [5, 5.41) is 3.46. The summed E-state index contributed by atoms with van der Waals surface area (Å²) in [5.74, 6) is 1.01. The van der Waals surface area contributed by atoms with Crippen LogP contribution < -0.4 is 5.32 Å². The SMILES string of the molecule is Cc1cn2cc(C3=CCN4C=C(N5CCCNCC5)C=CC4=N3)ccc2n1. The Labute approximate surface area is 159 Å². The third-order valence-corrected chi connectivity index (χ3v) is 5.27. The molecule has 0 aliphatic carbocycles. The topological polar surface area (TPSA) is 48.2 Å². The van der Waals surface area contributed by atoms with E-state index in [0.717, 1.165) is 61.2 Å². The first kappa shape index (κ1) is 16.3. The molecule has 2 aromatic rings. The summed E-state index contributed by atoms with van der Waals surface area (Å²) in [4.78, 5) is 14.1. The van der Waals surface area contributed by atoms with Gasteiger partial charge in [-0.25, -0.2) is 9.98 Å². The number of pyridine rings is 1. The first-order chi connectivity index (χ1) is 13.3. The average molecular weight is 360 g/mol. The number of aromatic nitrogens is 2. The quantitative estimate of drug-likeness (QED) is 0.894. The summed E-state index contributed by atoms with van der Waals surface area (Å²) in [6, 6.07) is 4.16. The van der Waals surface area contributed by atoms with Gasteiger partial charge in [-0.3, -0.25) is 0 Å². The third-order valence-electron chi connectivity index (χ3n) is 5.27. The number of aryl methyl sites for hydroxylation is 1. The van der Waals surface area contributed by atoms with Crippen LogP contribution in [0.15, 0.2) is 59.6 Å². The van der Waals surface area contributed by atoms with E-state index in [-0.39, 0.29) is 0 Å². The van der Waals surface area contributed by atoms with E-state index >= 15 is 0 Å². The van der Waals surface area contributed by atoms with Gasteiger partial charge in [0.15, 0.2) is 0 Å². The lowest BCUT2D eigenvalue weighted by Gasteiger charge is -2.31. The van der Waals surface area contributed by atoms with Gasteiger partial charge < -0.3 is 19.5 Å². The molecule has 0 radical (unpaired) electrons. The number of amidine groups is 1. The molecule has 0 unspecified atom stereocenters. The zero-order valence-corrected chi connectivity index (χ0v) is 15.6. The fourth-order valence-electron chi connectivity index (χ4n) is 3.87. The van der Waals surface area contributed by atoms with Gasteiger partial charge in [-0.2, -0.15) is 0 Å². The Balaban J connectivity index is 1.38. The van der Waals surface area contributed by atoms with Gasteiger partial charge >= 0.3 is 0 Å². The maximum absolute atomic E-state index is 4.89. The zero-order valence-electron chi connectivity index (χ0n) is 15.6. The molecular formula is C21H24N6. The molecule has 3 aliphatic rings. The van der Waals surface area contributed by atoms with Crippen LogP contribution in [0.25, 0.3) is 11.3 Å². The van der Waals surface area contributed by atoms with Crippen molar-refractivity contribution < 1.29 is 0 Å². The number of nitrogens with one attached hydrogen (secondary N) is 1. The molecule has 6 nitrogen and oxygen atoms in total. The molecule has 3 aliphatic heterocycles. The number of hydrogen-bond acceptors (Lipinski definition) is 5. The van der Waals surface area contributed by atoms with Gasteiger partial charge in [-0.05, 0) is 50.3 Å². The lowest BCUT2D eigenvalue weighted by molar-refractivity contribution is 0.369. The number of fused-ring (bicyclic) bond motifs is 2. The number of rotatable bonds is 2. The van der Waals surface area contributed by atoms with Gasteiger partial charge in [-0.15, -0.1) is 0 Å². The first-order valence-corrected chi connectivity index (χ1v) is 9.63. The van der Waals surface area contributed by atoms with E-state index in [9.17, 15) is 0 Å². The second-order valence-corrected chi connectivity index (χ2v) is 7.26. The van der Waals surface area contributed by atoms with Crippen molar-refractivity contribution in [2.45, 2.75) is 13.3 Å². The molecule has 0 spiro atoms. The molecule has 138 valence electrons. The molecule has 0 atom stereocenters. The summed E-state index contributed by atoms with van der Waals surface area (Å²) in [5.41, 5.74) is 5.42. The highest BCUT2D eigenvalue weighted by Crippen LogP contribution is 2.24. The Morgan fingerprint density at radius 2 is 2.04 bits per heavy atom. The Morgan fingerprint density at radius 3 is 3.00 bits per heavy atom. The standard InChI is InChI=1S/C21H24N6/c1-16-13-27-14-17(3-5-20(27)23-16)19-7-11-26-15-18(4-6-21(26)24-19)25-10-2-8-22-9-12-25/h3-7,13-15,22H,2,8-12H2,1H3. The smallest absolute Gasteiger partial charge is 0.136 e. The van der Waals surface area contributed by atoms with E-state index in [0.29, 0.717) is 0 Å². The summed E-state index contributed by atoms with van der Waals surface area (Å²) in [6.45, 7) is 7.18.